The van der Waals surface area contributed by atoms with Crippen LogP contribution in [0.1, 0.15) is 35.0 Å². The minimum Gasteiger partial charge on any atom is -0.440 e. The van der Waals surface area contributed by atoms with Crippen molar-refractivity contribution < 1.29 is 14.1 Å². The van der Waals surface area contributed by atoms with Crippen LogP contribution in [0, 0.1) is 10.1 Å². The number of fused-ring (bicyclic) bond motifs is 1. The number of hydrogen-bond acceptors (Lipinski definition) is 6. The molecule has 1 saturated heterocycles. The molecule has 1 amide bonds. The van der Waals surface area contributed by atoms with Crippen molar-refractivity contribution in [2.24, 2.45) is 5.73 Å². The summed E-state index contributed by atoms with van der Waals surface area (Å²) < 4.78 is 5.86. The second kappa shape index (κ2) is 6.71. The van der Waals surface area contributed by atoms with Gasteiger partial charge in [0.05, 0.1) is 4.92 Å². The van der Waals surface area contributed by atoms with E-state index >= 15 is 0 Å². The van der Waals surface area contributed by atoms with Crippen LogP contribution in [0.25, 0.3) is 11.1 Å². The Morgan fingerprint density at radius 1 is 1.22 bits per heavy atom. The van der Waals surface area contributed by atoms with Crippen LogP contribution in [0.2, 0.25) is 0 Å². The van der Waals surface area contributed by atoms with Crippen molar-refractivity contribution in [2.75, 3.05) is 18.0 Å². The molecule has 0 bridgehead atoms. The number of benzene rings is 2. The van der Waals surface area contributed by atoms with Gasteiger partial charge in [-0.15, -0.1) is 0 Å². The van der Waals surface area contributed by atoms with Gasteiger partial charge in [0.1, 0.15) is 11.2 Å². The number of aromatic nitrogens is 1. The highest BCUT2D eigenvalue weighted by molar-refractivity contribution is 5.94. The van der Waals surface area contributed by atoms with E-state index in [0.29, 0.717) is 18.8 Å². The Morgan fingerprint density at radius 3 is 2.63 bits per heavy atom. The summed E-state index contributed by atoms with van der Waals surface area (Å²) in [6, 6.07) is 12.0. The van der Waals surface area contributed by atoms with Gasteiger partial charge in [-0.1, -0.05) is 12.1 Å². The predicted octanol–water partition coefficient (Wildman–Crippen LogP) is 3.22. The molecule has 27 heavy (non-hydrogen) atoms. The summed E-state index contributed by atoms with van der Waals surface area (Å²) in [4.78, 5) is 28.8. The Kier molecular flexibility index (Phi) is 4.23. The van der Waals surface area contributed by atoms with Crippen molar-refractivity contribution in [3.63, 3.8) is 0 Å². The van der Waals surface area contributed by atoms with Gasteiger partial charge in [0, 0.05) is 30.6 Å². The number of nitro groups is 1. The number of nitrogens with two attached hydrogens (primary N) is 1. The third-order valence-corrected chi connectivity index (χ3v) is 4.95. The number of amides is 1. The monoisotopic (exact) mass is 366 g/mol. The highest BCUT2D eigenvalue weighted by Gasteiger charge is 2.28. The maximum Gasteiger partial charge on any atom is 0.293 e. The summed E-state index contributed by atoms with van der Waals surface area (Å²) in [5.41, 5.74) is 7.37. The molecule has 0 radical (unpaired) electrons. The van der Waals surface area contributed by atoms with Gasteiger partial charge in [-0.05, 0) is 37.1 Å². The fourth-order valence-electron chi connectivity index (χ4n) is 3.52. The van der Waals surface area contributed by atoms with Crippen molar-refractivity contribution >= 4 is 28.4 Å². The molecule has 1 aliphatic heterocycles. The van der Waals surface area contributed by atoms with Crippen LogP contribution >= 0.6 is 0 Å². The molecule has 3 aromatic rings. The van der Waals surface area contributed by atoms with Gasteiger partial charge in [-0.2, -0.15) is 0 Å². The van der Waals surface area contributed by atoms with Crippen molar-refractivity contribution in [1.29, 1.82) is 0 Å². The van der Waals surface area contributed by atoms with E-state index in [-0.39, 0.29) is 17.2 Å². The molecule has 1 fully saturated rings. The summed E-state index contributed by atoms with van der Waals surface area (Å²) in [5, 5.41) is 11.4. The van der Waals surface area contributed by atoms with Crippen LogP contribution in [0.3, 0.4) is 0 Å². The lowest BCUT2D eigenvalue weighted by Gasteiger charge is -2.32. The van der Waals surface area contributed by atoms with Crippen molar-refractivity contribution in [2.45, 2.75) is 18.8 Å². The molecule has 0 aliphatic carbocycles. The summed E-state index contributed by atoms with van der Waals surface area (Å²) in [6.07, 6.45) is 1.56. The minimum absolute atomic E-state index is 0.105. The van der Waals surface area contributed by atoms with Crippen molar-refractivity contribution in [3.8, 4) is 0 Å². The summed E-state index contributed by atoms with van der Waals surface area (Å²) in [6.45, 7) is 1.28. The van der Waals surface area contributed by atoms with Gasteiger partial charge in [-0.3, -0.25) is 14.9 Å². The largest absolute Gasteiger partial charge is 0.440 e. The zero-order valence-electron chi connectivity index (χ0n) is 14.5. The zero-order chi connectivity index (χ0) is 19.0. The van der Waals surface area contributed by atoms with Crippen LogP contribution in [0.4, 0.5) is 11.4 Å². The number of nitrogens with zero attached hydrogens (tertiary/aromatic N) is 3. The van der Waals surface area contributed by atoms with E-state index in [0.717, 1.165) is 29.8 Å². The van der Waals surface area contributed by atoms with Gasteiger partial charge >= 0.3 is 0 Å². The normalized spacial score (nSPS) is 15.2. The molecule has 4 rings (SSSR count). The smallest absolute Gasteiger partial charge is 0.293 e. The number of carbonyl (C=O) groups is 1. The molecule has 0 atom stereocenters. The Balaban J connectivity index is 1.53. The first-order valence-corrected chi connectivity index (χ1v) is 8.71. The average Bonchev–Trinajstić information content (AvgIpc) is 3.12. The number of anilines is 1. The molecule has 0 saturated carbocycles. The van der Waals surface area contributed by atoms with E-state index in [9.17, 15) is 14.9 Å². The van der Waals surface area contributed by atoms with E-state index in [4.69, 9.17) is 10.2 Å². The Morgan fingerprint density at radius 2 is 1.96 bits per heavy atom. The first-order chi connectivity index (χ1) is 13.0. The van der Waals surface area contributed by atoms with Gasteiger partial charge in [0.15, 0.2) is 11.5 Å². The summed E-state index contributed by atoms with van der Waals surface area (Å²) >= 11 is 0. The second-order valence-corrected chi connectivity index (χ2v) is 6.61. The molecule has 2 aromatic carbocycles. The number of nitro benzene ring substituents is 1. The maximum atomic E-state index is 11.4. The molecule has 8 nitrogen and oxygen atoms in total. The molecular weight excluding hydrogens is 348 g/mol. The quantitative estimate of drug-likeness (QED) is 0.560. The fraction of sp³-hybridized carbons (Fsp3) is 0.263. The van der Waals surface area contributed by atoms with Crippen LogP contribution < -0.4 is 10.6 Å². The number of hydrogen-bond donors (Lipinski definition) is 1. The van der Waals surface area contributed by atoms with E-state index in [2.05, 4.69) is 4.98 Å². The van der Waals surface area contributed by atoms with Crippen molar-refractivity contribution in [3.05, 3.63) is 64.0 Å². The van der Waals surface area contributed by atoms with E-state index in [1.54, 1.807) is 6.07 Å². The van der Waals surface area contributed by atoms with Gasteiger partial charge < -0.3 is 15.1 Å². The average molecular weight is 366 g/mol. The van der Waals surface area contributed by atoms with Gasteiger partial charge in [0.2, 0.25) is 5.91 Å². The first kappa shape index (κ1) is 17.0. The first-order valence-electron chi connectivity index (χ1n) is 8.71. The van der Waals surface area contributed by atoms with E-state index in [1.807, 2.05) is 29.2 Å². The number of carbonyl (C=O) groups excluding carboxylic acids is 1. The molecule has 0 unspecified atom stereocenters. The van der Waals surface area contributed by atoms with E-state index in [1.165, 1.54) is 12.1 Å². The maximum absolute atomic E-state index is 11.4. The third-order valence-electron chi connectivity index (χ3n) is 4.95. The van der Waals surface area contributed by atoms with Crippen molar-refractivity contribution in [1.82, 2.24) is 4.98 Å². The third kappa shape index (κ3) is 3.21. The SMILES string of the molecule is NC(=O)c1ccc(N2CCC(c3nc4ccccc4o3)CC2)c([N+](=O)[O-])c1. The lowest BCUT2D eigenvalue weighted by Crippen LogP contribution is -2.33. The molecule has 138 valence electrons. The fourth-order valence-corrected chi connectivity index (χ4v) is 3.52. The minimum atomic E-state index is -0.681. The molecule has 2 N–H and O–H groups in total. The summed E-state index contributed by atoms with van der Waals surface area (Å²) in [5.74, 6) is 0.214. The van der Waals surface area contributed by atoms with Crippen LogP contribution in [0.5, 0.6) is 0 Å². The lowest BCUT2D eigenvalue weighted by molar-refractivity contribution is -0.384. The number of para-hydroxylation sites is 2. The van der Waals surface area contributed by atoms with Gasteiger partial charge in [-0.25, -0.2) is 4.98 Å². The highest BCUT2D eigenvalue weighted by Crippen LogP contribution is 2.35. The zero-order valence-corrected chi connectivity index (χ0v) is 14.5. The molecule has 1 aromatic heterocycles. The number of piperidine rings is 1. The number of oxazole rings is 1. The second-order valence-electron chi connectivity index (χ2n) is 6.61. The Labute approximate surface area is 154 Å². The van der Waals surface area contributed by atoms with Crippen LogP contribution in [0.15, 0.2) is 46.9 Å². The lowest BCUT2D eigenvalue weighted by atomic mass is 9.96. The number of rotatable bonds is 4. The Bertz CT molecular complexity index is 988. The van der Waals surface area contributed by atoms with Crippen LogP contribution in [-0.4, -0.2) is 28.9 Å². The molecule has 0 spiro atoms. The van der Waals surface area contributed by atoms with Crippen LogP contribution in [-0.2, 0) is 0 Å². The molecule has 8 heteroatoms. The Hall–Kier alpha value is -3.42. The van der Waals surface area contributed by atoms with Gasteiger partial charge in [0.25, 0.3) is 5.69 Å². The molecular formula is C19H18N4O4. The standard InChI is InChI=1S/C19H18N4O4/c20-18(24)13-5-6-15(16(11-13)23(25)26)22-9-7-12(8-10-22)19-21-14-3-1-2-4-17(14)27-19/h1-6,11-12H,7-10H2,(H2,20,24). The van der Waals surface area contributed by atoms with E-state index < -0.39 is 10.8 Å². The molecule has 1 aliphatic rings. The highest BCUT2D eigenvalue weighted by atomic mass is 16.6. The number of primary amides is 1. The predicted molar refractivity (Wildman–Crippen MR) is 99.8 cm³/mol. The summed E-state index contributed by atoms with van der Waals surface area (Å²) in [7, 11) is 0. The molecule has 2 heterocycles. The topological polar surface area (TPSA) is 116 Å².